The fourth-order valence-electron chi connectivity index (χ4n) is 11.4. The number of anilines is 6. The molecule has 0 radical (unpaired) electrons. The van der Waals surface area contributed by atoms with E-state index in [-0.39, 0.29) is 5.41 Å². The van der Waals surface area contributed by atoms with Gasteiger partial charge in [-0.1, -0.05) is 232 Å². The summed E-state index contributed by atoms with van der Waals surface area (Å²) >= 11 is 0. The molecule has 0 unspecified atom stereocenters. The summed E-state index contributed by atoms with van der Waals surface area (Å²) in [5, 5.41) is 0. The summed E-state index contributed by atoms with van der Waals surface area (Å²) in [6, 6.07) is 110. The van der Waals surface area contributed by atoms with Crippen molar-refractivity contribution in [2.24, 2.45) is 0 Å². The highest BCUT2D eigenvalue weighted by molar-refractivity contribution is 5.90. The quantitative estimate of drug-likeness (QED) is 0.120. The number of hydrogen-bond acceptors (Lipinski definition) is 2. The Morgan fingerprint density at radius 3 is 0.701 bits per heavy atom. The second-order valence-corrected chi connectivity index (χ2v) is 20.6. The summed E-state index contributed by atoms with van der Waals surface area (Å²) in [6.45, 7) is 4.78. The fourth-order valence-corrected chi connectivity index (χ4v) is 11.4. The van der Waals surface area contributed by atoms with Crippen molar-refractivity contribution in [3.8, 4) is 77.9 Å². The first-order chi connectivity index (χ1) is 37.9. The van der Waals surface area contributed by atoms with Crippen molar-refractivity contribution in [3.63, 3.8) is 0 Å². The van der Waals surface area contributed by atoms with Gasteiger partial charge in [-0.05, 0) is 174 Å². The van der Waals surface area contributed by atoms with Gasteiger partial charge < -0.3 is 9.80 Å². The Kier molecular flexibility index (Phi) is 12.3. The van der Waals surface area contributed by atoms with Crippen LogP contribution in [0.1, 0.15) is 25.0 Å². The summed E-state index contributed by atoms with van der Waals surface area (Å²) in [4.78, 5) is 4.82. The lowest BCUT2D eigenvalue weighted by Crippen LogP contribution is -2.17. The average molecular weight is 985 g/mol. The Hall–Kier alpha value is -9.76. The largest absolute Gasteiger partial charge is 0.310 e. The van der Waals surface area contributed by atoms with E-state index in [0.717, 1.165) is 34.1 Å². The summed E-state index contributed by atoms with van der Waals surface area (Å²) in [5.41, 5.74) is 25.9. The van der Waals surface area contributed by atoms with Crippen LogP contribution in [0.3, 0.4) is 0 Å². The summed E-state index contributed by atoms with van der Waals surface area (Å²) < 4.78 is 0. The van der Waals surface area contributed by atoms with Gasteiger partial charge in [0.15, 0.2) is 0 Å². The third-order valence-corrected chi connectivity index (χ3v) is 15.5. The van der Waals surface area contributed by atoms with Crippen LogP contribution in [0.25, 0.3) is 77.9 Å². The highest BCUT2D eigenvalue weighted by Gasteiger charge is 2.37. The zero-order valence-electron chi connectivity index (χ0n) is 43.3. The minimum atomic E-state index is -0.302. The van der Waals surface area contributed by atoms with Gasteiger partial charge in [0.25, 0.3) is 0 Å². The van der Waals surface area contributed by atoms with Gasteiger partial charge in [0.1, 0.15) is 0 Å². The molecule has 1 aliphatic carbocycles. The molecule has 0 N–H and O–H groups in total. The van der Waals surface area contributed by atoms with Crippen molar-refractivity contribution in [1.29, 1.82) is 0 Å². The van der Waals surface area contributed by atoms with Crippen LogP contribution in [0.2, 0.25) is 0 Å². The SMILES string of the molecule is CC1(C)c2cc(N(c3ccc(-c4ccccc4)cc3)c3ccc(-c4ccccc4)cc3)ccc2-c2ccc(N(c3ccc(-c4cccc(-c5ccccc5)c4)cc3)c3ccc(-c4cccc(-c5ccccc5)c4)cc3)cc21. The first kappa shape index (κ1) is 47.0. The molecule has 77 heavy (non-hydrogen) atoms. The number of benzene rings is 12. The predicted octanol–water partition coefficient (Wildman–Crippen LogP) is 20.9. The van der Waals surface area contributed by atoms with E-state index in [9.17, 15) is 0 Å². The van der Waals surface area contributed by atoms with E-state index in [1.54, 1.807) is 0 Å². The molecule has 0 heterocycles. The van der Waals surface area contributed by atoms with Crippen molar-refractivity contribution in [2.75, 3.05) is 9.80 Å². The van der Waals surface area contributed by atoms with Crippen LogP contribution >= 0.6 is 0 Å². The van der Waals surface area contributed by atoms with Crippen LogP contribution in [0.4, 0.5) is 34.1 Å². The zero-order valence-corrected chi connectivity index (χ0v) is 43.3. The molecule has 0 aromatic heterocycles. The average Bonchev–Trinajstić information content (AvgIpc) is 3.82. The maximum atomic E-state index is 2.44. The van der Waals surface area contributed by atoms with Gasteiger partial charge in [-0.15, -0.1) is 0 Å². The molecular weight excluding hydrogens is 929 g/mol. The van der Waals surface area contributed by atoms with Crippen LogP contribution in [0, 0.1) is 0 Å². The molecule has 2 heteroatoms. The van der Waals surface area contributed by atoms with E-state index in [1.165, 1.54) is 89.0 Å². The number of rotatable bonds is 12. The number of nitrogens with zero attached hydrogens (tertiary/aromatic N) is 2. The molecule has 2 nitrogen and oxygen atoms in total. The van der Waals surface area contributed by atoms with E-state index in [2.05, 4.69) is 327 Å². The van der Waals surface area contributed by atoms with E-state index in [0.29, 0.717) is 0 Å². The van der Waals surface area contributed by atoms with Crippen LogP contribution in [0.5, 0.6) is 0 Å². The molecule has 0 spiro atoms. The van der Waals surface area contributed by atoms with Crippen LogP contribution in [0.15, 0.2) is 303 Å². The molecular formula is C75H56N2. The molecule has 0 atom stereocenters. The normalized spacial score (nSPS) is 12.1. The van der Waals surface area contributed by atoms with Crippen LogP contribution in [-0.4, -0.2) is 0 Å². The van der Waals surface area contributed by atoms with Crippen molar-refractivity contribution in [1.82, 2.24) is 0 Å². The Bertz CT molecular complexity index is 3790. The minimum absolute atomic E-state index is 0.302. The Labute approximate surface area is 453 Å². The molecule has 0 amide bonds. The topological polar surface area (TPSA) is 6.48 Å². The number of hydrogen-bond donors (Lipinski definition) is 0. The molecule has 366 valence electrons. The first-order valence-electron chi connectivity index (χ1n) is 26.6. The summed E-state index contributed by atoms with van der Waals surface area (Å²) in [6.07, 6.45) is 0. The molecule has 12 aromatic rings. The lowest BCUT2D eigenvalue weighted by atomic mass is 9.82. The second kappa shape index (κ2) is 20.2. The summed E-state index contributed by atoms with van der Waals surface area (Å²) in [7, 11) is 0. The highest BCUT2D eigenvalue weighted by atomic mass is 15.1. The lowest BCUT2D eigenvalue weighted by molar-refractivity contribution is 0.660. The Morgan fingerprint density at radius 1 is 0.195 bits per heavy atom. The maximum absolute atomic E-state index is 2.44. The van der Waals surface area contributed by atoms with Crippen LogP contribution in [-0.2, 0) is 5.41 Å². The zero-order chi connectivity index (χ0) is 51.7. The Morgan fingerprint density at radius 2 is 0.416 bits per heavy atom. The fraction of sp³-hybridized carbons (Fsp3) is 0.0400. The van der Waals surface area contributed by atoms with Crippen LogP contribution < -0.4 is 9.80 Å². The molecule has 13 rings (SSSR count). The molecule has 0 aliphatic heterocycles. The van der Waals surface area contributed by atoms with Crippen molar-refractivity contribution in [2.45, 2.75) is 19.3 Å². The molecule has 0 bridgehead atoms. The lowest BCUT2D eigenvalue weighted by Gasteiger charge is -2.29. The third kappa shape index (κ3) is 9.21. The maximum Gasteiger partial charge on any atom is 0.0465 e. The summed E-state index contributed by atoms with van der Waals surface area (Å²) in [5.74, 6) is 0. The van der Waals surface area contributed by atoms with Crippen molar-refractivity contribution >= 4 is 34.1 Å². The van der Waals surface area contributed by atoms with Gasteiger partial charge in [0.05, 0.1) is 0 Å². The molecule has 12 aromatic carbocycles. The third-order valence-electron chi connectivity index (χ3n) is 15.5. The highest BCUT2D eigenvalue weighted by Crippen LogP contribution is 2.53. The number of fused-ring (bicyclic) bond motifs is 3. The monoisotopic (exact) mass is 984 g/mol. The van der Waals surface area contributed by atoms with Gasteiger partial charge in [0, 0.05) is 39.5 Å². The molecule has 1 aliphatic rings. The van der Waals surface area contributed by atoms with E-state index >= 15 is 0 Å². The molecule has 0 saturated heterocycles. The standard InChI is InChI=1S/C75H56N2/c1-75(2)73-51-69(76(65-37-29-57(30-38-65)53-17-7-3-8-18-53)66-39-31-58(32-40-66)54-19-9-4-10-20-54)45-47-71(73)72-48-46-70(52-74(72)75)77(67-41-33-59(34-42-67)63-27-15-25-61(49-63)55-21-11-5-12-22-55)68-43-35-60(36-44-68)64-28-16-26-62(50-64)56-23-13-6-14-24-56/h3-52H,1-2H3. The van der Waals surface area contributed by atoms with Gasteiger partial charge in [0.2, 0.25) is 0 Å². The van der Waals surface area contributed by atoms with Gasteiger partial charge in [-0.2, -0.15) is 0 Å². The minimum Gasteiger partial charge on any atom is -0.310 e. The predicted molar refractivity (Wildman–Crippen MR) is 326 cm³/mol. The van der Waals surface area contributed by atoms with Gasteiger partial charge in [-0.3, -0.25) is 0 Å². The molecule has 0 fully saturated rings. The van der Waals surface area contributed by atoms with Crippen molar-refractivity contribution in [3.05, 3.63) is 314 Å². The molecule has 0 saturated carbocycles. The second-order valence-electron chi connectivity index (χ2n) is 20.6. The van der Waals surface area contributed by atoms with E-state index < -0.39 is 0 Å². The van der Waals surface area contributed by atoms with E-state index in [4.69, 9.17) is 0 Å². The Balaban J connectivity index is 0.873. The van der Waals surface area contributed by atoms with Gasteiger partial charge >= 0.3 is 0 Å². The van der Waals surface area contributed by atoms with E-state index in [1.807, 2.05) is 0 Å². The first-order valence-corrected chi connectivity index (χ1v) is 26.6. The smallest absolute Gasteiger partial charge is 0.0465 e. The van der Waals surface area contributed by atoms with Crippen molar-refractivity contribution < 1.29 is 0 Å². The van der Waals surface area contributed by atoms with Gasteiger partial charge in [-0.25, -0.2) is 0 Å².